The van der Waals surface area contributed by atoms with Crippen molar-refractivity contribution in [2.75, 3.05) is 11.9 Å². The smallest absolute Gasteiger partial charge is 0.257 e. The Bertz CT molecular complexity index is 616. The summed E-state index contributed by atoms with van der Waals surface area (Å²) in [6.07, 6.45) is 2.46. The predicted molar refractivity (Wildman–Crippen MR) is 73.8 cm³/mol. The zero-order valence-electron chi connectivity index (χ0n) is 10.1. The highest BCUT2D eigenvalue weighted by molar-refractivity contribution is 5.83. The van der Waals surface area contributed by atoms with E-state index in [1.807, 2.05) is 30.3 Å². The van der Waals surface area contributed by atoms with Crippen LogP contribution in [0, 0.1) is 5.92 Å². The molecule has 0 bridgehead atoms. The number of nitrogens with one attached hydrogen (secondary N) is 2. The molecule has 0 saturated heterocycles. The van der Waals surface area contributed by atoms with E-state index >= 15 is 0 Å². The van der Waals surface area contributed by atoms with Gasteiger partial charge < -0.3 is 16.0 Å². The van der Waals surface area contributed by atoms with Gasteiger partial charge in [-0.2, -0.15) is 0 Å². The molecule has 1 fully saturated rings. The first-order valence-corrected chi connectivity index (χ1v) is 6.36. The normalized spacial score (nSPS) is 16.7. The Morgan fingerprint density at radius 3 is 2.89 bits per heavy atom. The van der Waals surface area contributed by atoms with Gasteiger partial charge in [-0.05, 0) is 36.3 Å². The molecule has 1 aliphatic rings. The molecule has 18 heavy (non-hydrogen) atoms. The van der Waals surface area contributed by atoms with Gasteiger partial charge in [-0.25, -0.2) is 0 Å². The largest absolute Gasteiger partial charge is 0.367 e. The molecule has 1 saturated carbocycles. The first-order valence-electron chi connectivity index (χ1n) is 6.36. The van der Waals surface area contributed by atoms with Crippen LogP contribution in [-0.4, -0.2) is 17.6 Å². The van der Waals surface area contributed by atoms with Gasteiger partial charge in [0.1, 0.15) is 5.82 Å². The second-order valence-corrected chi connectivity index (χ2v) is 4.92. The Kier molecular flexibility index (Phi) is 2.80. The Balaban J connectivity index is 1.94. The Morgan fingerprint density at radius 1 is 1.39 bits per heavy atom. The van der Waals surface area contributed by atoms with Crippen molar-refractivity contribution < 1.29 is 0 Å². The number of H-pyrrole nitrogens is 1. The quantitative estimate of drug-likeness (QED) is 0.765. The summed E-state index contributed by atoms with van der Waals surface area (Å²) in [4.78, 5) is 14.8. The van der Waals surface area contributed by atoms with E-state index < -0.39 is 0 Å². The molecule has 1 aliphatic carbocycles. The van der Waals surface area contributed by atoms with Crippen molar-refractivity contribution in [1.82, 2.24) is 4.98 Å². The molecule has 3 rings (SSSR count). The van der Waals surface area contributed by atoms with Gasteiger partial charge in [0, 0.05) is 18.0 Å². The van der Waals surface area contributed by atoms with Gasteiger partial charge in [-0.1, -0.05) is 18.2 Å². The highest BCUT2D eigenvalue weighted by atomic mass is 16.1. The molecule has 1 heterocycles. The van der Waals surface area contributed by atoms with Crippen LogP contribution in [0.25, 0.3) is 10.8 Å². The molecule has 1 aromatic carbocycles. The molecule has 4 N–H and O–H groups in total. The van der Waals surface area contributed by atoms with Crippen LogP contribution in [0.2, 0.25) is 0 Å². The zero-order valence-corrected chi connectivity index (χ0v) is 10.1. The van der Waals surface area contributed by atoms with Crippen molar-refractivity contribution in [2.45, 2.75) is 18.9 Å². The van der Waals surface area contributed by atoms with Crippen molar-refractivity contribution in [1.29, 1.82) is 0 Å². The van der Waals surface area contributed by atoms with Crippen LogP contribution in [0.3, 0.4) is 0 Å². The number of anilines is 1. The lowest BCUT2D eigenvalue weighted by Gasteiger charge is -2.17. The lowest BCUT2D eigenvalue weighted by atomic mass is 10.1. The minimum atomic E-state index is -0.0535. The fraction of sp³-hybridized carbons (Fsp3) is 0.357. The second-order valence-electron chi connectivity index (χ2n) is 4.92. The van der Waals surface area contributed by atoms with E-state index in [1.54, 1.807) is 0 Å². The van der Waals surface area contributed by atoms with Crippen LogP contribution in [0.5, 0.6) is 0 Å². The van der Waals surface area contributed by atoms with Crippen molar-refractivity contribution in [3.05, 3.63) is 40.7 Å². The third-order valence-corrected chi connectivity index (χ3v) is 3.54. The Morgan fingerprint density at radius 2 is 2.17 bits per heavy atom. The number of aromatic nitrogens is 1. The van der Waals surface area contributed by atoms with E-state index in [9.17, 15) is 4.79 Å². The summed E-state index contributed by atoms with van der Waals surface area (Å²) in [5.41, 5.74) is 5.70. The first kappa shape index (κ1) is 11.3. The van der Waals surface area contributed by atoms with Crippen LogP contribution in [0.4, 0.5) is 5.82 Å². The molecule has 4 nitrogen and oxygen atoms in total. The van der Waals surface area contributed by atoms with E-state index in [1.165, 1.54) is 12.8 Å². The number of fused-ring (bicyclic) bond motifs is 1. The number of benzene rings is 1. The number of rotatable bonds is 4. The highest BCUT2D eigenvalue weighted by Crippen LogP contribution is 2.33. The second kappa shape index (κ2) is 4.46. The summed E-state index contributed by atoms with van der Waals surface area (Å²) in [6, 6.07) is 9.83. The van der Waals surface area contributed by atoms with Gasteiger partial charge in [0.15, 0.2) is 0 Å². The first-order chi connectivity index (χ1) is 8.78. The van der Waals surface area contributed by atoms with Crippen molar-refractivity contribution in [3.63, 3.8) is 0 Å². The highest BCUT2D eigenvalue weighted by Gasteiger charge is 2.30. The van der Waals surface area contributed by atoms with E-state index in [2.05, 4.69) is 10.3 Å². The van der Waals surface area contributed by atoms with Gasteiger partial charge in [-0.3, -0.25) is 4.79 Å². The summed E-state index contributed by atoms with van der Waals surface area (Å²) < 4.78 is 0. The van der Waals surface area contributed by atoms with Crippen LogP contribution in [-0.2, 0) is 0 Å². The Hall–Kier alpha value is -1.81. The number of nitrogens with two attached hydrogens (primary N) is 1. The maximum atomic E-state index is 11.9. The van der Waals surface area contributed by atoms with Gasteiger partial charge in [0.2, 0.25) is 0 Å². The van der Waals surface area contributed by atoms with E-state index in [0.717, 1.165) is 16.6 Å². The van der Waals surface area contributed by atoms with E-state index in [-0.39, 0.29) is 11.6 Å². The fourth-order valence-corrected chi connectivity index (χ4v) is 2.36. The molecule has 0 spiro atoms. The molecule has 1 unspecified atom stereocenters. The number of pyridine rings is 1. The maximum absolute atomic E-state index is 11.9. The van der Waals surface area contributed by atoms with Crippen LogP contribution in [0.15, 0.2) is 35.1 Å². The number of aromatic amines is 1. The minimum absolute atomic E-state index is 0.0535. The van der Waals surface area contributed by atoms with E-state index in [0.29, 0.717) is 12.5 Å². The molecular weight excluding hydrogens is 226 g/mol. The summed E-state index contributed by atoms with van der Waals surface area (Å²) in [5, 5.41) is 5.02. The Labute approximate surface area is 105 Å². The third kappa shape index (κ3) is 2.11. The van der Waals surface area contributed by atoms with Crippen LogP contribution < -0.4 is 16.6 Å². The van der Waals surface area contributed by atoms with E-state index in [4.69, 9.17) is 5.73 Å². The molecule has 2 aromatic rings. The summed E-state index contributed by atoms with van der Waals surface area (Å²) in [6.45, 7) is 0.597. The lowest BCUT2D eigenvalue weighted by molar-refractivity contribution is 0.642. The summed E-state index contributed by atoms with van der Waals surface area (Å²) in [7, 11) is 0. The third-order valence-electron chi connectivity index (χ3n) is 3.54. The van der Waals surface area contributed by atoms with Gasteiger partial charge >= 0.3 is 0 Å². The minimum Gasteiger partial charge on any atom is -0.367 e. The summed E-state index contributed by atoms with van der Waals surface area (Å²) in [5.74, 6) is 1.42. The topological polar surface area (TPSA) is 70.9 Å². The SMILES string of the molecule is NCC(Nc1cc2ccccc2c(=O)[nH]1)C1CC1. The molecular formula is C14H17N3O. The monoisotopic (exact) mass is 243 g/mol. The molecule has 0 aliphatic heterocycles. The predicted octanol–water partition coefficient (Wildman–Crippen LogP) is 1.68. The van der Waals surface area contributed by atoms with Crippen molar-refractivity contribution in [2.24, 2.45) is 11.7 Å². The summed E-state index contributed by atoms with van der Waals surface area (Å²) >= 11 is 0. The van der Waals surface area contributed by atoms with Crippen molar-refractivity contribution in [3.8, 4) is 0 Å². The van der Waals surface area contributed by atoms with Crippen LogP contribution in [0.1, 0.15) is 12.8 Å². The van der Waals surface area contributed by atoms with Crippen LogP contribution >= 0.6 is 0 Å². The average molecular weight is 243 g/mol. The average Bonchev–Trinajstić information content (AvgIpc) is 3.20. The standard InChI is InChI=1S/C14H17N3O/c15-8-12(9-5-6-9)16-13-7-10-3-1-2-4-11(10)14(18)17-13/h1-4,7,9,12H,5-6,8,15H2,(H2,16,17,18). The van der Waals surface area contributed by atoms with Gasteiger partial charge in [0.25, 0.3) is 5.56 Å². The molecule has 94 valence electrons. The van der Waals surface area contributed by atoms with Gasteiger partial charge in [0.05, 0.1) is 0 Å². The zero-order chi connectivity index (χ0) is 12.5. The number of hydrogen-bond acceptors (Lipinski definition) is 3. The fourth-order valence-electron chi connectivity index (χ4n) is 2.36. The van der Waals surface area contributed by atoms with Crippen molar-refractivity contribution >= 4 is 16.6 Å². The molecule has 1 atom stereocenters. The maximum Gasteiger partial charge on any atom is 0.257 e. The molecule has 1 aromatic heterocycles. The molecule has 4 heteroatoms. The van der Waals surface area contributed by atoms with Gasteiger partial charge in [-0.15, -0.1) is 0 Å². The molecule has 0 radical (unpaired) electrons. The lowest BCUT2D eigenvalue weighted by Crippen LogP contribution is -2.31. The number of hydrogen-bond donors (Lipinski definition) is 3. The molecule has 0 amide bonds.